The maximum absolute atomic E-state index is 13.8. The van der Waals surface area contributed by atoms with Gasteiger partial charge in [-0.3, -0.25) is 0 Å². The fourth-order valence-corrected chi connectivity index (χ4v) is 3.04. The Morgan fingerprint density at radius 1 is 1.28 bits per heavy atom. The first-order valence-corrected chi connectivity index (χ1v) is 6.98. The monoisotopic (exact) mass is 269 g/mol. The molecule has 0 atom stereocenters. The van der Waals surface area contributed by atoms with E-state index in [1.807, 2.05) is 0 Å². The lowest BCUT2D eigenvalue weighted by Crippen LogP contribution is -2.19. The molecule has 0 spiro atoms. The van der Waals surface area contributed by atoms with Crippen molar-refractivity contribution >= 4 is 17.8 Å². The third kappa shape index (κ3) is 2.20. The van der Waals surface area contributed by atoms with Crippen LogP contribution in [0.25, 0.3) is 0 Å². The van der Waals surface area contributed by atoms with Gasteiger partial charge >= 0.3 is 0 Å². The van der Waals surface area contributed by atoms with E-state index < -0.39 is 17.2 Å². The number of isocyanates is 1. The number of thioether (sulfide) groups is 1. The molecule has 5 heteroatoms. The van der Waals surface area contributed by atoms with Crippen LogP contribution in [0.2, 0.25) is 0 Å². The molecule has 0 N–H and O–H groups in total. The Hall–Kier alpha value is -1.19. The lowest BCUT2D eigenvalue weighted by molar-refractivity contribution is 0.443. The van der Waals surface area contributed by atoms with Gasteiger partial charge in [0, 0.05) is 0 Å². The first-order valence-electron chi connectivity index (χ1n) is 5.75. The minimum absolute atomic E-state index is 0.00183. The van der Waals surface area contributed by atoms with E-state index in [0.29, 0.717) is 18.4 Å². The molecule has 0 bridgehead atoms. The van der Waals surface area contributed by atoms with E-state index in [0.717, 1.165) is 24.6 Å². The first kappa shape index (κ1) is 13.2. The summed E-state index contributed by atoms with van der Waals surface area (Å²) in [6.07, 6.45) is 6.24. The van der Waals surface area contributed by atoms with Crippen molar-refractivity contribution in [3.05, 3.63) is 29.3 Å². The lowest BCUT2D eigenvalue weighted by Gasteiger charge is -2.23. The maximum Gasteiger partial charge on any atom is 0.235 e. The molecule has 0 aromatic heterocycles. The number of carbonyl (C=O) groups excluding carboxylic acids is 1. The predicted molar refractivity (Wildman–Crippen MR) is 66.4 cm³/mol. The van der Waals surface area contributed by atoms with Crippen molar-refractivity contribution in [2.45, 2.75) is 36.1 Å². The van der Waals surface area contributed by atoms with Crippen LogP contribution in [-0.4, -0.2) is 12.3 Å². The zero-order valence-corrected chi connectivity index (χ0v) is 10.8. The number of halogens is 2. The molecule has 0 radical (unpaired) electrons. The minimum Gasteiger partial charge on any atom is -0.211 e. The van der Waals surface area contributed by atoms with Crippen LogP contribution < -0.4 is 0 Å². The quantitative estimate of drug-likeness (QED) is 0.474. The van der Waals surface area contributed by atoms with Crippen molar-refractivity contribution < 1.29 is 13.6 Å². The van der Waals surface area contributed by atoms with Gasteiger partial charge in [-0.1, -0.05) is 12.8 Å². The maximum atomic E-state index is 13.8. The summed E-state index contributed by atoms with van der Waals surface area (Å²) < 4.78 is 27.5. The van der Waals surface area contributed by atoms with Gasteiger partial charge in [0.1, 0.15) is 11.6 Å². The van der Waals surface area contributed by atoms with Crippen molar-refractivity contribution in [3.8, 4) is 0 Å². The van der Waals surface area contributed by atoms with E-state index in [-0.39, 0.29) is 4.90 Å². The largest absolute Gasteiger partial charge is 0.235 e. The lowest BCUT2D eigenvalue weighted by atomic mass is 9.89. The van der Waals surface area contributed by atoms with Gasteiger partial charge in [0.2, 0.25) is 6.08 Å². The van der Waals surface area contributed by atoms with E-state index in [1.54, 1.807) is 12.3 Å². The highest BCUT2D eigenvalue weighted by Crippen LogP contribution is 2.43. The average molecular weight is 269 g/mol. The fraction of sp³-hybridized carbons (Fsp3) is 0.462. The van der Waals surface area contributed by atoms with Crippen molar-refractivity contribution in [3.63, 3.8) is 0 Å². The summed E-state index contributed by atoms with van der Waals surface area (Å²) in [6.45, 7) is 0. The van der Waals surface area contributed by atoms with Gasteiger partial charge in [0.05, 0.1) is 10.4 Å². The summed E-state index contributed by atoms with van der Waals surface area (Å²) in [4.78, 5) is 14.4. The fourth-order valence-electron chi connectivity index (χ4n) is 2.54. The van der Waals surface area contributed by atoms with Crippen LogP contribution in [0.5, 0.6) is 0 Å². The van der Waals surface area contributed by atoms with Crippen LogP contribution in [-0.2, 0) is 10.3 Å². The molecular formula is C13H13F2NOS. The summed E-state index contributed by atoms with van der Waals surface area (Å²) in [5, 5.41) is 0. The second kappa shape index (κ2) is 5.21. The molecule has 96 valence electrons. The van der Waals surface area contributed by atoms with Gasteiger partial charge in [0.15, 0.2) is 0 Å². The summed E-state index contributed by atoms with van der Waals surface area (Å²) >= 11 is 1.03. The van der Waals surface area contributed by atoms with Gasteiger partial charge in [0.25, 0.3) is 0 Å². The zero-order chi connectivity index (χ0) is 13.2. The number of aliphatic imine (C=N–C) groups is 1. The summed E-state index contributed by atoms with van der Waals surface area (Å²) in [6, 6.07) is 2.59. The SMILES string of the molecule is CSc1c(F)cc(C2(N=C=O)CCCC2)cc1F. The molecule has 1 aromatic carbocycles. The van der Waals surface area contributed by atoms with Crippen molar-refractivity contribution in [2.24, 2.45) is 4.99 Å². The third-order valence-electron chi connectivity index (χ3n) is 3.43. The van der Waals surface area contributed by atoms with E-state index in [9.17, 15) is 13.6 Å². The molecule has 1 aliphatic rings. The van der Waals surface area contributed by atoms with Crippen molar-refractivity contribution in [1.82, 2.24) is 0 Å². The highest BCUT2D eigenvalue weighted by atomic mass is 32.2. The Balaban J connectivity index is 2.53. The number of nitrogens with zero attached hydrogens (tertiary/aromatic N) is 1. The Kier molecular flexibility index (Phi) is 3.83. The van der Waals surface area contributed by atoms with Crippen LogP contribution in [0, 0.1) is 11.6 Å². The van der Waals surface area contributed by atoms with Gasteiger partial charge < -0.3 is 0 Å². The standard InChI is InChI=1S/C13H13F2NOS/c1-18-12-10(14)6-9(7-11(12)15)13(16-8-17)4-2-3-5-13/h6-7H,2-5H2,1H3. The molecule has 1 fully saturated rings. The smallest absolute Gasteiger partial charge is 0.211 e. The molecule has 0 unspecified atom stereocenters. The molecule has 0 saturated heterocycles. The number of hydrogen-bond donors (Lipinski definition) is 0. The second-order valence-corrected chi connectivity index (χ2v) is 5.23. The number of benzene rings is 1. The topological polar surface area (TPSA) is 29.4 Å². The molecule has 1 aliphatic carbocycles. The van der Waals surface area contributed by atoms with Gasteiger partial charge in [-0.15, -0.1) is 11.8 Å². The van der Waals surface area contributed by atoms with Crippen LogP contribution in [0.4, 0.5) is 8.78 Å². The molecule has 2 nitrogen and oxygen atoms in total. The Bertz CT molecular complexity index is 483. The molecule has 1 saturated carbocycles. The van der Waals surface area contributed by atoms with E-state index >= 15 is 0 Å². The third-order valence-corrected chi connectivity index (χ3v) is 4.23. The van der Waals surface area contributed by atoms with Crippen LogP contribution in [0.15, 0.2) is 22.0 Å². The van der Waals surface area contributed by atoms with Gasteiger partial charge in [-0.25, -0.2) is 13.6 Å². The van der Waals surface area contributed by atoms with Gasteiger partial charge in [-0.05, 0) is 36.8 Å². The second-order valence-electron chi connectivity index (χ2n) is 4.41. The van der Waals surface area contributed by atoms with Crippen LogP contribution >= 0.6 is 11.8 Å². The summed E-state index contributed by atoms with van der Waals surface area (Å²) in [5.41, 5.74) is -0.337. The molecule has 0 aliphatic heterocycles. The van der Waals surface area contributed by atoms with Crippen LogP contribution in [0.1, 0.15) is 31.2 Å². The molecule has 0 amide bonds. The average Bonchev–Trinajstić information content (AvgIpc) is 2.79. The molecular weight excluding hydrogens is 256 g/mol. The highest BCUT2D eigenvalue weighted by Gasteiger charge is 2.36. The minimum atomic E-state index is -0.777. The molecule has 18 heavy (non-hydrogen) atoms. The van der Waals surface area contributed by atoms with Crippen LogP contribution in [0.3, 0.4) is 0 Å². The molecule has 0 heterocycles. The van der Waals surface area contributed by atoms with E-state index in [2.05, 4.69) is 4.99 Å². The normalized spacial score (nSPS) is 17.5. The summed E-state index contributed by atoms with van der Waals surface area (Å²) in [7, 11) is 0. The van der Waals surface area contributed by atoms with E-state index in [4.69, 9.17) is 0 Å². The predicted octanol–water partition coefficient (Wildman–Crippen LogP) is 3.79. The number of rotatable bonds is 3. The zero-order valence-electron chi connectivity index (χ0n) is 10.0. The van der Waals surface area contributed by atoms with Crippen molar-refractivity contribution in [1.29, 1.82) is 0 Å². The first-order chi connectivity index (χ1) is 8.63. The van der Waals surface area contributed by atoms with Crippen molar-refractivity contribution in [2.75, 3.05) is 6.26 Å². The van der Waals surface area contributed by atoms with Gasteiger partial charge in [-0.2, -0.15) is 4.99 Å². The highest BCUT2D eigenvalue weighted by molar-refractivity contribution is 7.98. The Morgan fingerprint density at radius 2 is 1.83 bits per heavy atom. The molecule has 2 rings (SSSR count). The number of hydrogen-bond acceptors (Lipinski definition) is 3. The Morgan fingerprint density at radius 3 is 2.28 bits per heavy atom. The molecule has 1 aromatic rings. The van der Waals surface area contributed by atoms with E-state index in [1.165, 1.54) is 12.1 Å². The summed E-state index contributed by atoms with van der Waals surface area (Å²) in [5.74, 6) is -1.19. The Labute approximate surface area is 108 Å².